The van der Waals surface area contributed by atoms with Gasteiger partial charge in [-0.25, -0.2) is 33.9 Å². The number of rotatable bonds is 8. The number of esters is 1. The van der Waals surface area contributed by atoms with Crippen LogP contribution in [0.1, 0.15) is 40.0 Å². The Bertz CT molecular complexity index is 2740. The minimum Gasteiger partial charge on any atom is -0.423 e. The number of nitrogens with one attached hydrogen (secondary N) is 1. The van der Waals surface area contributed by atoms with Gasteiger partial charge >= 0.3 is 20.6 Å². The van der Waals surface area contributed by atoms with Crippen LogP contribution in [-0.2, 0) is 42.5 Å². The van der Waals surface area contributed by atoms with Gasteiger partial charge < -0.3 is 39.8 Å². The lowest BCUT2D eigenvalue weighted by Gasteiger charge is -2.36. The molecule has 0 radical (unpaired) electrons. The molecule has 2 aliphatic carbocycles. The third-order valence-corrected chi connectivity index (χ3v) is 17.0. The molecule has 1 spiro atoms. The molecule has 2 bridgehead atoms. The Labute approximate surface area is 368 Å². The van der Waals surface area contributed by atoms with Gasteiger partial charge in [0.2, 0.25) is 0 Å². The molecular weight excluding hydrogens is 896 g/mol. The number of hydrogen-bond donors (Lipinski definition) is 4. The second-order valence-electron chi connectivity index (χ2n) is 16.4. The van der Waals surface area contributed by atoms with E-state index in [2.05, 4.69) is 29.9 Å². The van der Waals surface area contributed by atoms with Crippen molar-refractivity contribution < 1.29 is 56.2 Å². The van der Waals surface area contributed by atoms with Crippen LogP contribution in [0.25, 0.3) is 11.2 Å². The van der Waals surface area contributed by atoms with Crippen molar-refractivity contribution in [3.63, 3.8) is 0 Å². The fourth-order valence-electron chi connectivity index (χ4n) is 9.17. The zero-order valence-corrected chi connectivity index (χ0v) is 37.0. The second kappa shape index (κ2) is 16.4. The van der Waals surface area contributed by atoms with E-state index < -0.39 is 106 Å². The van der Waals surface area contributed by atoms with Crippen molar-refractivity contribution in [1.29, 1.82) is 0 Å². The maximum atomic E-state index is 15.3. The first-order valence-electron chi connectivity index (χ1n) is 20.2. The van der Waals surface area contributed by atoms with Crippen LogP contribution in [0, 0.1) is 25.2 Å². The maximum absolute atomic E-state index is 15.3. The molecule has 2 saturated heterocycles. The third kappa shape index (κ3) is 7.75. The van der Waals surface area contributed by atoms with E-state index in [4.69, 9.17) is 38.0 Å². The average molecular weight is 940 g/mol. The molecule has 10 rings (SSSR count). The molecule has 6 aliphatic rings. The van der Waals surface area contributed by atoms with E-state index in [0.29, 0.717) is 23.3 Å². The molecule has 2 saturated carbocycles. The summed E-state index contributed by atoms with van der Waals surface area (Å²) in [4.78, 5) is 63.0. The first kappa shape index (κ1) is 43.3. The highest BCUT2D eigenvalue weighted by Crippen LogP contribution is 2.73. The molecule has 64 heavy (non-hydrogen) atoms. The van der Waals surface area contributed by atoms with Gasteiger partial charge in [-0.2, -0.15) is 0 Å². The minimum atomic E-state index is -5.01. The van der Waals surface area contributed by atoms with Gasteiger partial charge in [-0.1, -0.05) is 29.8 Å². The number of hydrogen-bond acceptors (Lipinski definition) is 20. The largest absolute Gasteiger partial charge is 0.472 e. The standard InChI is InChI=1S/C39H43N9O13P2S/c1-19-4-8-22(9-5-19)38(51)58-23-10-6-21(7-11-23)14-64-63(54)56-13-25-30(55-3)31(37(59-25)48-18-44-27-35(48)45-20(2)46-36(27)50)60-62(52,53)57-15-39-12-24(39)28(29(49)32(39)61-63)47-17-43-26-33(40)41-16-42-34(26)47/h4-11,16-18,24-26,28-32,34,37,49H,12-15H2,1-3H3,(H,52,53)(H2,40,41,42)(H,45,46,50)/t24-,25-,26?,28-,29+,30-,31-,32+,34?,37-,39?,63?/m1/s1. The number of aliphatic hydroxyl groups is 1. The number of amidine groups is 1. The summed E-state index contributed by atoms with van der Waals surface area (Å²) in [5.41, 5.74) is 6.61. The number of nitrogens with zero attached hydrogens (tertiary/aromatic N) is 7. The lowest BCUT2D eigenvalue weighted by atomic mass is 10.00. The number of phosphoric ester groups is 1. The number of benzene rings is 2. The lowest BCUT2D eigenvalue weighted by Crippen LogP contribution is -2.52. The van der Waals surface area contributed by atoms with E-state index in [0.717, 1.165) is 16.9 Å². The van der Waals surface area contributed by atoms with Gasteiger partial charge in [-0.15, -0.1) is 0 Å². The Kier molecular flexibility index (Phi) is 11.1. The van der Waals surface area contributed by atoms with E-state index in [1.807, 2.05) is 19.1 Å². The molecule has 25 heteroatoms. The van der Waals surface area contributed by atoms with Gasteiger partial charge in [0.15, 0.2) is 23.6 Å². The zero-order valence-electron chi connectivity index (χ0n) is 34.3. The number of imidazole rings is 1. The van der Waals surface area contributed by atoms with Crippen LogP contribution < -0.4 is 16.0 Å². The molecule has 13 atom stereocenters. The number of H-pyrrole nitrogens is 1. The highest BCUT2D eigenvalue weighted by atomic mass is 32.7. The number of phosphoric acid groups is 1. The van der Waals surface area contributed by atoms with E-state index in [9.17, 15) is 24.2 Å². The normalized spacial score (nSPS) is 36.6. The summed E-state index contributed by atoms with van der Waals surface area (Å²) in [7, 11) is -3.67. The summed E-state index contributed by atoms with van der Waals surface area (Å²) in [5.74, 6) is -0.0786. The van der Waals surface area contributed by atoms with Crippen LogP contribution >= 0.6 is 26.0 Å². The summed E-state index contributed by atoms with van der Waals surface area (Å²) in [5, 5.41) is 12.2. The van der Waals surface area contributed by atoms with Crippen LogP contribution in [0.2, 0.25) is 0 Å². The Morgan fingerprint density at radius 1 is 1.09 bits per heavy atom. The van der Waals surface area contributed by atoms with Gasteiger partial charge in [-0.05, 0) is 67.4 Å². The fourth-order valence-corrected chi connectivity index (χ4v) is 13.6. The highest BCUT2D eigenvalue weighted by molar-refractivity contribution is 8.54. The molecule has 338 valence electrons. The van der Waals surface area contributed by atoms with Gasteiger partial charge in [0.25, 0.3) is 5.56 Å². The molecular formula is C39H43N9O13P2S. The van der Waals surface area contributed by atoms with E-state index in [1.54, 1.807) is 48.2 Å². The second-order valence-corrected chi connectivity index (χ2v) is 21.8. The first-order chi connectivity index (χ1) is 30.7. The monoisotopic (exact) mass is 939 g/mol. The predicted molar refractivity (Wildman–Crippen MR) is 229 cm³/mol. The first-order valence-corrected chi connectivity index (χ1v) is 24.9. The molecule has 4 fully saturated rings. The number of methoxy groups -OCH3 is 1. The Morgan fingerprint density at radius 3 is 2.64 bits per heavy atom. The molecule has 5 unspecified atom stereocenters. The number of fused-ring (bicyclic) bond motifs is 4. The lowest BCUT2D eigenvalue weighted by molar-refractivity contribution is -0.0610. The Hall–Kier alpha value is -4.64. The van der Waals surface area contributed by atoms with Gasteiger partial charge in [-0.3, -0.25) is 32.4 Å². The molecule has 6 heterocycles. The molecule has 22 nitrogen and oxygen atoms in total. The number of carbonyl (C=O) groups excluding carboxylic acids is 1. The number of aliphatic hydroxyl groups excluding tert-OH is 1. The Balaban J connectivity index is 0.964. The van der Waals surface area contributed by atoms with Crippen molar-refractivity contribution in [2.75, 3.05) is 20.3 Å². The van der Waals surface area contributed by atoms with Gasteiger partial charge in [0.1, 0.15) is 60.3 Å². The average Bonchev–Trinajstić information content (AvgIpc) is 3.55. The number of aliphatic imine (C=N–C) groups is 3. The smallest absolute Gasteiger partial charge is 0.423 e. The number of ether oxygens (including phenoxy) is 3. The van der Waals surface area contributed by atoms with Gasteiger partial charge in [0.05, 0.1) is 37.5 Å². The molecule has 2 aromatic carbocycles. The van der Waals surface area contributed by atoms with Crippen molar-refractivity contribution in [3.05, 3.63) is 87.7 Å². The molecule has 2 aromatic heterocycles. The molecule has 0 amide bonds. The molecule has 4 aromatic rings. The van der Waals surface area contributed by atoms with Crippen molar-refractivity contribution in [2.45, 2.75) is 81.0 Å². The van der Waals surface area contributed by atoms with Crippen LogP contribution in [0.5, 0.6) is 5.75 Å². The summed E-state index contributed by atoms with van der Waals surface area (Å²) in [6.45, 7) is -1.79. The van der Waals surface area contributed by atoms with Crippen LogP contribution in [-0.4, -0.2) is 128 Å². The van der Waals surface area contributed by atoms with Crippen molar-refractivity contribution in [1.82, 2.24) is 24.4 Å². The minimum absolute atomic E-state index is 0.0197. The number of aromatic nitrogens is 4. The van der Waals surface area contributed by atoms with Crippen LogP contribution in [0.15, 0.2) is 74.6 Å². The van der Waals surface area contributed by atoms with E-state index in [1.165, 1.54) is 30.7 Å². The topological polar surface area (TPSA) is 286 Å². The molecule has 5 N–H and O–H groups in total. The number of nitrogens with two attached hydrogens (primary N) is 1. The van der Waals surface area contributed by atoms with Gasteiger partial charge in [0, 0.05) is 18.3 Å². The van der Waals surface area contributed by atoms with E-state index >= 15 is 4.57 Å². The number of aryl methyl sites for hydroxylation is 2. The number of carbonyl (C=O) groups is 1. The predicted octanol–water partition coefficient (Wildman–Crippen LogP) is 3.01. The molecule has 4 aliphatic heterocycles. The third-order valence-electron chi connectivity index (χ3n) is 12.4. The Morgan fingerprint density at radius 2 is 1.88 bits per heavy atom. The SMILES string of the molecule is CO[C@H]1[C@H]2OP(=O)(O)OCC34C[C@@H]3[C@@H](N3C=NC5C(N)=NC=NC53)[C@H](O)[C@@H]4OP(=O)(SCc3ccc(OC(=O)c4ccc(C)cc4)cc3)OC[C@H]1O[C@H]2n1cnc2c(=O)[nH]c(C)nc21. The highest BCUT2D eigenvalue weighted by Gasteiger charge is 2.75. The van der Waals surface area contributed by atoms with Crippen molar-refractivity contribution >= 4 is 61.6 Å². The summed E-state index contributed by atoms with van der Waals surface area (Å²) >= 11 is 0.846. The van der Waals surface area contributed by atoms with Crippen molar-refractivity contribution in [2.24, 2.45) is 32.0 Å². The maximum Gasteiger partial charge on any atom is 0.472 e. The van der Waals surface area contributed by atoms with Crippen LogP contribution in [0.4, 0.5) is 0 Å². The van der Waals surface area contributed by atoms with Crippen molar-refractivity contribution in [3.8, 4) is 5.75 Å². The number of aromatic amines is 1. The van der Waals surface area contributed by atoms with E-state index in [-0.39, 0.29) is 28.6 Å². The quantitative estimate of drug-likeness (QED) is 0.112. The summed E-state index contributed by atoms with van der Waals surface area (Å²) in [6, 6.07) is 12.3. The summed E-state index contributed by atoms with van der Waals surface area (Å²) < 4.78 is 73.0. The fraction of sp³-hybridized carbons (Fsp3) is 0.462. The van der Waals surface area contributed by atoms with Crippen LogP contribution in [0.3, 0.4) is 0 Å². The summed E-state index contributed by atoms with van der Waals surface area (Å²) in [6.07, 6.45) is -3.71. The zero-order chi connectivity index (χ0) is 44.7.